The molecule has 2 aromatic carbocycles. The van der Waals surface area contributed by atoms with E-state index in [0.29, 0.717) is 0 Å². The largest absolute Gasteiger partial charge is 0.507 e. The fourth-order valence-corrected chi connectivity index (χ4v) is 6.20. The van der Waals surface area contributed by atoms with E-state index < -0.39 is 145 Å². The van der Waals surface area contributed by atoms with Crippen LogP contribution in [0.25, 0.3) is 22.3 Å². The Hall–Kier alpha value is -3.91. The lowest BCUT2D eigenvalue weighted by Gasteiger charge is -2.39. The third-order valence-corrected chi connectivity index (χ3v) is 9.36. The van der Waals surface area contributed by atoms with Crippen molar-refractivity contribution in [3.8, 4) is 40.1 Å². The zero-order valence-electron chi connectivity index (χ0n) is 28.0. The van der Waals surface area contributed by atoms with Crippen LogP contribution in [0.4, 0.5) is 0 Å². The van der Waals surface area contributed by atoms with Gasteiger partial charge in [0, 0.05) is 17.7 Å². The van der Waals surface area contributed by atoms with Gasteiger partial charge in [0.2, 0.25) is 30.0 Å². The van der Waals surface area contributed by atoms with Crippen LogP contribution in [0.3, 0.4) is 0 Å². The molecule has 0 bridgehead atoms. The summed E-state index contributed by atoms with van der Waals surface area (Å²) in [4.78, 5) is 14.1. The second-order valence-corrected chi connectivity index (χ2v) is 13.0. The molecule has 15 atom stereocenters. The first kappa shape index (κ1) is 39.8. The van der Waals surface area contributed by atoms with Gasteiger partial charge in [0.05, 0.1) is 19.3 Å². The molecule has 3 saturated heterocycles. The Labute approximate surface area is 303 Å². The smallest absolute Gasteiger partial charge is 0.239 e. The molecule has 298 valence electrons. The Morgan fingerprint density at radius 2 is 1.15 bits per heavy atom. The highest BCUT2D eigenvalue weighted by atomic mass is 16.7. The minimum Gasteiger partial charge on any atom is -0.507 e. The van der Waals surface area contributed by atoms with Gasteiger partial charge in [0.1, 0.15) is 89.6 Å². The average molecular weight is 773 g/mol. The standard InChI is InChI=1S/C33H40O21/c1-9-19(38)23(42)26(45)31(48-9)51-14-3-2-10(4-12(14)36)29-30(54-33-28(47)25(44)21(40)17(8-35)53-33)22(41)18-13(37)5-11(6-15(18)50-29)49-32-27(46)24(43)20(39)16(7-34)52-32/h2-6,9,16-17,19-21,23-28,31-40,42-47H,7-8H2,1H3/t9-,16+,17+,19-,20+,21+,23+,24-,25-,26+,27+,28+,31-,32+,33-/m0/s1. The van der Waals surface area contributed by atoms with Gasteiger partial charge in [-0.2, -0.15) is 0 Å². The van der Waals surface area contributed by atoms with E-state index in [1.54, 1.807) is 0 Å². The second kappa shape index (κ2) is 15.7. The van der Waals surface area contributed by atoms with Crippen molar-refractivity contribution in [2.24, 2.45) is 0 Å². The number of aliphatic hydroxyl groups excluding tert-OH is 11. The Morgan fingerprint density at radius 1 is 0.611 bits per heavy atom. The molecule has 3 fully saturated rings. The molecule has 0 amide bonds. The van der Waals surface area contributed by atoms with Crippen LogP contribution in [0, 0.1) is 0 Å². The summed E-state index contributed by atoms with van der Waals surface area (Å²) in [7, 11) is 0. The number of aliphatic hydroxyl groups is 11. The number of benzene rings is 2. The molecule has 3 aliphatic heterocycles. The normalized spacial score (nSPS) is 37.2. The highest BCUT2D eigenvalue weighted by Gasteiger charge is 2.47. The van der Waals surface area contributed by atoms with Crippen molar-refractivity contribution in [1.29, 1.82) is 0 Å². The summed E-state index contributed by atoms with van der Waals surface area (Å²) < 4.78 is 39.0. The van der Waals surface area contributed by atoms with E-state index in [9.17, 15) is 71.2 Å². The first-order valence-electron chi connectivity index (χ1n) is 16.5. The molecule has 6 rings (SSSR count). The Balaban J connectivity index is 1.41. The van der Waals surface area contributed by atoms with Crippen molar-refractivity contribution in [3.63, 3.8) is 0 Å². The molecule has 0 aliphatic carbocycles. The fraction of sp³-hybridized carbons (Fsp3) is 0.545. The summed E-state index contributed by atoms with van der Waals surface area (Å²) in [5.74, 6) is -3.39. The van der Waals surface area contributed by atoms with Gasteiger partial charge < -0.3 is 99.2 Å². The van der Waals surface area contributed by atoms with Crippen LogP contribution in [-0.2, 0) is 14.2 Å². The minimum absolute atomic E-state index is 0.146. The molecule has 13 N–H and O–H groups in total. The van der Waals surface area contributed by atoms with Gasteiger partial charge in [-0.15, -0.1) is 0 Å². The van der Waals surface area contributed by atoms with Gasteiger partial charge in [-0.25, -0.2) is 0 Å². The van der Waals surface area contributed by atoms with Crippen LogP contribution in [0.2, 0.25) is 0 Å². The van der Waals surface area contributed by atoms with Crippen molar-refractivity contribution in [2.75, 3.05) is 13.2 Å². The van der Waals surface area contributed by atoms with E-state index in [2.05, 4.69) is 0 Å². The second-order valence-electron chi connectivity index (χ2n) is 13.0. The van der Waals surface area contributed by atoms with Crippen LogP contribution in [0.15, 0.2) is 39.5 Å². The van der Waals surface area contributed by atoms with Gasteiger partial charge in [-0.3, -0.25) is 4.79 Å². The summed E-state index contributed by atoms with van der Waals surface area (Å²) in [6.45, 7) is -0.195. The molecule has 0 saturated carbocycles. The van der Waals surface area contributed by atoms with Crippen LogP contribution in [0.1, 0.15) is 6.92 Å². The molecular formula is C33H40O21. The number of ether oxygens (including phenoxy) is 6. The average Bonchev–Trinajstić information content (AvgIpc) is 3.14. The van der Waals surface area contributed by atoms with Crippen LogP contribution in [-0.4, -0.2) is 172 Å². The summed E-state index contributed by atoms with van der Waals surface area (Å²) in [6.07, 6.45) is -24.9. The lowest BCUT2D eigenvalue weighted by Crippen LogP contribution is -2.60. The maximum absolute atomic E-state index is 14.1. The highest BCUT2D eigenvalue weighted by molar-refractivity contribution is 5.88. The summed E-state index contributed by atoms with van der Waals surface area (Å²) in [6, 6.07) is 5.31. The Morgan fingerprint density at radius 3 is 1.70 bits per heavy atom. The zero-order valence-corrected chi connectivity index (χ0v) is 28.0. The van der Waals surface area contributed by atoms with E-state index in [0.717, 1.165) is 24.3 Å². The van der Waals surface area contributed by atoms with Gasteiger partial charge in [0.15, 0.2) is 17.3 Å². The number of phenolic OH excluding ortho intramolecular Hbond substituents is 2. The molecular weight excluding hydrogens is 732 g/mol. The lowest BCUT2D eigenvalue weighted by molar-refractivity contribution is -0.277. The first-order valence-corrected chi connectivity index (χ1v) is 16.5. The van der Waals surface area contributed by atoms with Gasteiger partial charge >= 0.3 is 0 Å². The number of hydrogen-bond donors (Lipinski definition) is 13. The molecule has 0 radical (unpaired) electrons. The number of aromatic hydroxyl groups is 2. The molecule has 54 heavy (non-hydrogen) atoms. The summed E-state index contributed by atoms with van der Waals surface area (Å²) in [5, 5.41) is 133. The topological polar surface area (TPSA) is 349 Å². The minimum atomic E-state index is -2.00. The SMILES string of the molecule is C[C@@H]1O[C@@H](Oc2ccc(-c3oc4cc(O[C@@H]5O[C@H](CO)[C@@H](O)[C@H](O)[C@H]5O)cc(O)c4c(=O)c3O[C@@H]3O[C@H](CO)[C@@H](O)[C@H](O)[C@H]3O)cc2O)[C@H](O)[C@H](O)[C@H]1O. The Bertz CT molecular complexity index is 1850. The maximum atomic E-state index is 14.1. The predicted octanol–water partition coefficient (Wildman–Crippen LogP) is -4.57. The first-order chi connectivity index (χ1) is 25.6. The predicted molar refractivity (Wildman–Crippen MR) is 173 cm³/mol. The van der Waals surface area contributed by atoms with Crippen molar-refractivity contribution in [2.45, 2.75) is 99.0 Å². The van der Waals surface area contributed by atoms with E-state index >= 15 is 0 Å². The van der Waals surface area contributed by atoms with E-state index in [-0.39, 0.29) is 17.1 Å². The molecule has 21 heteroatoms. The fourth-order valence-electron chi connectivity index (χ4n) is 6.20. The van der Waals surface area contributed by atoms with Gasteiger partial charge in [0.25, 0.3) is 0 Å². The number of fused-ring (bicyclic) bond motifs is 1. The van der Waals surface area contributed by atoms with Crippen LogP contribution < -0.4 is 19.6 Å². The van der Waals surface area contributed by atoms with Crippen molar-refractivity contribution in [1.82, 2.24) is 0 Å². The quantitative estimate of drug-likeness (QED) is 0.0973. The molecule has 0 spiro atoms. The third kappa shape index (κ3) is 7.27. The Kier molecular flexibility index (Phi) is 11.5. The third-order valence-electron chi connectivity index (χ3n) is 9.36. The van der Waals surface area contributed by atoms with E-state index in [4.69, 9.17) is 32.8 Å². The molecule has 3 aliphatic rings. The van der Waals surface area contributed by atoms with Crippen LogP contribution >= 0.6 is 0 Å². The number of rotatable bonds is 9. The molecule has 1 aromatic heterocycles. The summed E-state index contributed by atoms with van der Waals surface area (Å²) >= 11 is 0. The number of hydrogen-bond acceptors (Lipinski definition) is 21. The molecule has 3 aromatic rings. The van der Waals surface area contributed by atoms with Crippen molar-refractivity contribution >= 4 is 11.0 Å². The zero-order chi connectivity index (χ0) is 39.3. The maximum Gasteiger partial charge on any atom is 0.239 e. The van der Waals surface area contributed by atoms with Gasteiger partial charge in [-0.05, 0) is 25.1 Å². The van der Waals surface area contributed by atoms with Gasteiger partial charge in [-0.1, -0.05) is 0 Å². The van der Waals surface area contributed by atoms with Crippen molar-refractivity contribution < 1.29 is 99.2 Å². The molecule has 4 heterocycles. The van der Waals surface area contributed by atoms with E-state index in [1.165, 1.54) is 13.0 Å². The monoisotopic (exact) mass is 772 g/mol. The highest BCUT2D eigenvalue weighted by Crippen LogP contribution is 2.41. The molecule has 0 unspecified atom stereocenters. The van der Waals surface area contributed by atoms with Crippen LogP contribution in [0.5, 0.6) is 28.7 Å². The lowest BCUT2D eigenvalue weighted by atomic mass is 9.99. The number of phenols is 2. The van der Waals surface area contributed by atoms with Crippen molar-refractivity contribution in [3.05, 3.63) is 40.6 Å². The van der Waals surface area contributed by atoms with E-state index in [1.807, 2.05) is 0 Å². The molecule has 21 nitrogen and oxygen atoms in total. The summed E-state index contributed by atoms with van der Waals surface area (Å²) in [5.41, 5.74) is -1.69.